The van der Waals surface area contributed by atoms with Crippen molar-refractivity contribution in [1.29, 1.82) is 0 Å². The molecule has 126 valence electrons. The van der Waals surface area contributed by atoms with E-state index in [0.29, 0.717) is 14.9 Å². The number of phenols is 1. The minimum absolute atomic E-state index is 0.0340. The summed E-state index contributed by atoms with van der Waals surface area (Å²) in [6.07, 6.45) is 1.13. The third-order valence-corrected chi connectivity index (χ3v) is 3.14. The number of aromatic nitrogens is 4. The monoisotopic (exact) mass is 342 g/mol. The molecule has 0 spiro atoms. The van der Waals surface area contributed by atoms with Gasteiger partial charge >= 0.3 is 11.4 Å². The molecule has 25 heavy (non-hydrogen) atoms. The average Bonchev–Trinajstić information content (AvgIpc) is 2.57. The van der Waals surface area contributed by atoms with Crippen LogP contribution in [0.3, 0.4) is 0 Å². The summed E-state index contributed by atoms with van der Waals surface area (Å²) in [4.78, 5) is 51.7. The zero-order chi connectivity index (χ0) is 18.0. The molecule has 0 unspecified atom stereocenters. The summed E-state index contributed by atoms with van der Waals surface area (Å²) in [5, 5.41) is 15.9. The highest BCUT2D eigenvalue weighted by molar-refractivity contribution is 5.59. The van der Waals surface area contributed by atoms with Crippen molar-refractivity contribution in [1.82, 2.24) is 19.3 Å². The molecule has 3 N–H and O–H groups in total. The Labute approximate surface area is 137 Å². The van der Waals surface area contributed by atoms with E-state index in [0.717, 1.165) is 18.3 Å². The summed E-state index contributed by atoms with van der Waals surface area (Å²) in [6, 6.07) is 7.93. The summed E-state index contributed by atoms with van der Waals surface area (Å²) >= 11 is 0. The molecule has 0 aliphatic rings. The van der Waals surface area contributed by atoms with Gasteiger partial charge in [-0.15, -0.1) is 9.35 Å². The molecule has 0 atom stereocenters. The molecule has 0 amide bonds. The summed E-state index contributed by atoms with van der Waals surface area (Å²) in [6.45, 7) is 0. The lowest BCUT2D eigenvalue weighted by molar-refractivity contribution is 0.475. The average molecular weight is 342 g/mol. The lowest BCUT2D eigenvalue weighted by atomic mass is 10.1. The fraction of sp³-hybridized carbons (Fsp3) is 0. The Morgan fingerprint density at radius 3 is 2.08 bits per heavy atom. The van der Waals surface area contributed by atoms with E-state index in [1.54, 1.807) is 0 Å². The van der Waals surface area contributed by atoms with Gasteiger partial charge in [0.1, 0.15) is 5.75 Å². The highest BCUT2D eigenvalue weighted by Crippen LogP contribution is 2.17. The Morgan fingerprint density at radius 2 is 1.48 bits per heavy atom. The van der Waals surface area contributed by atoms with Crippen LogP contribution >= 0.6 is 0 Å². The van der Waals surface area contributed by atoms with Crippen LogP contribution in [0.4, 0.5) is 0 Å². The largest absolute Gasteiger partial charge is 0.508 e. The van der Waals surface area contributed by atoms with Crippen molar-refractivity contribution in [3.8, 4) is 17.0 Å². The van der Waals surface area contributed by atoms with Gasteiger partial charge in [-0.3, -0.25) is 9.59 Å². The van der Waals surface area contributed by atoms with Gasteiger partial charge in [0.25, 0.3) is 11.1 Å². The van der Waals surface area contributed by atoms with Gasteiger partial charge in [0, 0.05) is 18.3 Å². The molecule has 0 aliphatic carbocycles. The first kappa shape index (κ1) is 15.9. The minimum atomic E-state index is -0.917. The number of hydrogen-bond donors (Lipinski definition) is 3. The Balaban J connectivity index is 2.05. The number of nitrogens with one attached hydrogen (secondary N) is 2. The maximum Gasteiger partial charge on any atom is 0.351 e. The van der Waals surface area contributed by atoms with Crippen molar-refractivity contribution in [2.75, 3.05) is 0 Å². The van der Waals surface area contributed by atoms with E-state index in [9.17, 15) is 24.3 Å². The van der Waals surface area contributed by atoms with Crippen molar-refractivity contribution in [2.24, 2.45) is 10.4 Å². The standard InChI is InChI=1S/C14H10N6O5/c21-9-3-1-8(2-4-9)10-7-12(23)20(14(25)16-10)18-17-19-11(22)5-6-15-13(19)24/h1-7,21H,(H,15,24)(H,16,25). The normalized spacial score (nSPS) is 11.0. The molecule has 3 rings (SSSR count). The van der Waals surface area contributed by atoms with Gasteiger partial charge in [-0.2, -0.15) is 0 Å². The van der Waals surface area contributed by atoms with Gasteiger partial charge in [-0.1, -0.05) is 0 Å². The number of H-pyrrole nitrogens is 2. The second-order valence-electron chi connectivity index (χ2n) is 4.80. The first-order chi connectivity index (χ1) is 12.0. The Morgan fingerprint density at radius 1 is 0.840 bits per heavy atom. The summed E-state index contributed by atoms with van der Waals surface area (Å²) in [5.74, 6) is 0.0340. The molecule has 11 nitrogen and oxygen atoms in total. The highest BCUT2D eigenvalue weighted by atomic mass is 16.3. The van der Waals surface area contributed by atoms with Gasteiger partial charge in [-0.25, -0.2) is 9.59 Å². The van der Waals surface area contributed by atoms with Gasteiger partial charge < -0.3 is 15.1 Å². The van der Waals surface area contributed by atoms with E-state index in [-0.39, 0.29) is 11.4 Å². The van der Waals surface area contributed by atoms with Crippen LogP contribution in [0.15, 0.2) is 72.2 Å². The van der Waals surface area contributed by atoms with Crippen LogP contribution in [-0.4, -0.2) is 24.4 Å². The van der Waals surface area contributed by atoms with Gasteiger partial charge in [0.2, 0.25) is 0 Å². The van der Waals surface area contributed by atoms with Crippen molar-refractivity contribution in [3.63, 3.8) is 0 Å². The van der Waals surface area contributed by atoms with E-state index in [1.165, 1.54) is 24.3 Å². The molecule has 3 aromatic rings. The van der Waals surface area contributed by atoms with Crippen LogP contribution < -0.4 is 22.5 Å². The van der Waals surface area contributed by atoms with E-state index in [1.807, 2.05) is 0 Å². The molecule has 0 aliphatic heterocycles. The van der Waals surface area contributed by atoms with Crippen molar-refractivity contribution in [3.05, 3.63) is 84.3 Å². The number of benzene rings is 1. The predicted molar refractivity (Wildman–Crippen MR) is 85.4 cm³/mol. The van der Waals surface area contributed by atoms with E-state index < -0.39 is 22.5 Å². The highest BCUT2D eigenvalue weighted by Gasteiger charge is 2.06. The Kier molecular flexibility index (Phi) is 3.95. The second-order valence-corrected chi connectivity index (χ2v) is 4.80. The van der Waals surface area contributed by atoms with E-state index in [2.05, 4.69) is 20.4 Å². The fourth-order valence-electron chi connectivity index (χ4n) is 1.95. The number of phenolic OH excluding ortho intramolecular Hbond substituents is 1. The number of hydrogen-bond acceptors (Lipinski definition) is 7. The minimum Gasteiger partial charge on any atom is -0.508 e. The smallest absolute Gasteiger partial charge is 0.351 e. The molecular weight excluding hydrogens is 332 g/mol. The van der Waals surface area contributed by atoms with Crippen molar-refractivity contribution < 1.29 is 5.11 Å². The maximum atomic E-state index is 12.1. The third kappa shape index (κ3) is 3.19. The number of aromatic hydroxyl groups is 1. The first-order valence-electron chi connectivity index (χ1n) is 6.84. The van der Waals surface area contributed by atoms with Crippen LogP contribution in [0.1, 0.15) is 0 Å². The van der Waals surface area contributed by atoms with Crippen molar-refractivity contribution in [2.45, 2.75) is 0 Å². The number of aromatic amines is 2. The lowest BCUT2D eigenvalue weighted by Crippen LogP contribution is -2.34. The van der Waals surface area contributed by atoms with Gasteiger partial charge in [0.15, 0.2) is 0 Å². The fourth-order valence-corrected chi connectivity index (χ4v) is 1.95. The van der Waals surface area contributed by atoms with Crippen LogP contribution in [0, 0.1) is 0 Å². The van der Waals surface area contributed by atoms with Crippen LogP contribution in [0.2, 0.25) is 0 Å². The summed E-state index contributed by atoms with van der Waals surface area (Å²) in [5.41, 5.74) is -2.70. The predicted octanol–water partition coefficient (Wildman–Crippen LogP) is -0.562. The first-order valence-corrected chi connectivity index (χ1v) is 6.84. The van der Waals surface area contributed by atoms with E-state index >= 15 is 0 Å². The lowest BCUT2D eigenvalue weighted by Gasteiger charge is -2.02. The molecular formula is C14H10N6O5. The molecule has 0 bridgehead atoms. The molecule has 0 saturated carbocycles. The zero-order valence-electron chi connectivity index (χ0n) is 12.4. The molecule has 1 aromatic carbocycles. The number of rotatable bonds is 3. The van der Waals surface area contributed by atoms with Crippen molar-refractivity contribution >= 4 is 0 Å². The zero-order valence-corrected chi connectivity index (χ0v) is 12.4. The summed E-state index contributed by atoms with van der Waals surface area (Å²) in [7, 11) is 0. The molecule has 0 fully saturated rings. The van der Waals surface area contributed by atoms with Crippen LogP contribution in [0.5, 0.6) is 5.75 Å². The van der Waals surface area contributed by atoms with Crippen LogP contribution in [-0.2, 0) is 0 Å². The quantitative estimate of drug-likeness (QED) is 0.544. The summed E-state index contributed by atoms with van der Waals surface area (Å²) < 4.78 is 0.725. The molecule has 2 heterocycles. The Hall–Kier alpha value is -4.02. The SMILES string of the molecule is O=c1cc[nH]c(=O)n1N=Nn1c(=O)cc(-c2ccc(O)cc2)[nH]c1=O. The molecule has 11 heteroatoms. The molecule has 0 radical (unpaired) electrons. The Bertz CT molecular complexity index is 1120. The van der Waals surface area contributed by atoms with Gasteiger partial charge in [0.05, 0.1) is 5.69 Å². The number of nitrogens with zero attached hydrogens (tertiary/aromatic N) is 4. The molecule has 2 aromatic heterocycles. The van der Waals surface area contributed by atoms with Gasteiger partial charge in [-0.05, 0) is 40.3 Å². The topological polar surface area (TPSA) is 155 Å². The molecule has 0 saturated heterocycles. The third-order valence-electron chi connectivity index (χ3n) is 3.14. The second kappa shape index (κ2) is 6.23. The maximum absolute atomic E-state index is 12.1. The van der Waals surface area contributed by atoms with E-state index in [4.69, 9.17) is 0 Å². The van der Waals surface area contributed by atoms with Crippen LogP contribution in [0.25, 0.3) is 11.3 Å².